The van der Waals surface area contributed by atoms with Gasteiger partial charge in [0.15, 0.2) is 0 Å². The van der Waals surface area contributed by atoms with Crippen molar-refractivity contribution in [3.8, 4) is 11.3 Å². The van der Waals surface area contributed by atoms with E-state index in [1.54, 1.807) is 23.9 Å². The van der Waals surface area contributed by atoms with Crippen molar-refractivity contribution in [2.75, 3.05) is 0 Å². The Morgan fingerprint density at radius 3 is 2.33 bits per heavy atom. The summed E-state index contributed by atoms with van der Waals surface area (Å²) in [4.78, 5) is 4.27. The van der Waals surface area contributed by atoms with Crippen LogP contribution in [0.3, 0.4) is 0 Å². The molecule has 0 N–H and O–H groups in total. The van der Waals surface area contributed by atoms with Crippen LogP contribution >= 0.6 is 0 Å². The highest BCUT2D eigenvalue weighted by atomic mass is 19.4. The maximum Gasteiger partial charge on any atom is 0.417 e. The van der Waals surface area contributed by atoms with Gasteiger partial charge in [-0.25, -0.2) is 0 Å². The maximum absolute atomic E-state index is 13.6. The van der Waals surface area contributed by atoms with Gasteiger partial charge in [-0.05, 0) is 12.1 Å². The van der Waals surface area contributed by atoms with Crippen molar-refractivity contribution in [2.24, 2.45) is 7.05 Å². The Morgan fingerprint density at radius 1 is 1.04 bits per heavy atom. The van der Waals surface area contributed by atoms with E-state index < -0.39 is 17.2 Å². The van der Waals surface area contributed by atoms with Gasteiger partial charge in [0.2, 0.25) is 0 Å². The molecule has 3 aromatic rings. The molecule has 0 atom stereocenters. The lowest BCUT2D eigenvalue weighted by atomic mass is 9.89. The number of para-hydroxylation sites is 1. The van der Waals surface area contributed by atoms with Crippen LogP contribution in [-0.4, -0.2) is 14.8 Å². The van der Waals surface area contributed by atoms with Crippen LogP contribution < -0.4 is 0 Å². The Kier molecular flexibility index (Phi) is 3.66. The Morgan fingerprint density at radius 2 is 1.71 bits per heavy atom. The zero-order valence-corrected chi connectivity index (χ0v) is 13.9. The van der Waals surface area contributed by atoms with Gasteiger partial charge in [0.25, 0.3) is 0 Å². The van der Waals surface area contributed by atoms with Crippen molar-refractivity contribution < 1.29 is 13.2 Å². The smallest absolute Gasteiger partial charge is 0.267 e. The molecule has 6 heteroatoms. The van der Waals surface area contributed by atoms with Crippen LogP contribution in [0.2, 0.25) is 0 Å². The van der Waals surface area contributed by atoms with Crippen LogP contribution in [-0.2, 0) is 18.6 Å². The molecule has 0 saturated carbocycles. The van der Waals surface area contributed by atoms with E-state index in [1.807, 2.05) is 32.9 Å². The standard InChI is InChI=1S/C18H18F3N3/c1-17(2,3)15-9-13(18(19,20)21)12(10-22-15)16-11-7-5-6-8-14(11)24(4)23-16/h5-10H,1-4H3. The number of alkyl halides is 3. The number of hydrogen-bond donors (Lipinski definition) is 0. The summed E-state index contributed by atoms with van der Waals surface area (Å²) in [5.41, 5.74) is 0.316. The number of aromatic nitrogens is 3. The van der Waals surface area contributed by atoms with E-state index in [9.17, 15) is 13.2 Å². The van der Waals surface area contributed by atoms with Crippen LogP contribution in [0, 0.1) is 0 Å². The van der Waals surface area contributed by atoms with Crippen LogP contribution in [0.25, 0.3) is 22.2 Å². The molecule has 3 nitrogen and oxygen atoms in total. The molecule has 0 fully saturated rings. The van der Waals surface area contributed by atoms with Gasteiger partial charge < -0.3 is 0 Å². The van der Waals surface area contributed by atoms with E-state index in [-0.39, 0.29) is 5.56 Å². The van der Waals surface area contributed by atoms with E-state index in [1.165, 1.54) is 6.20 Å². The maximum atomic E-state index is 13.6. The van der Waals surface area contributed by atoms with Crippen molar-refractivity contribution in [3.63, 3.8) is 0 Å². The molecule has 0 radical (unpaired) electrons. The molecule has 0 aliphatic heterocycles. The topological polar surface area (TPSA) is 30.7 Å². The molecule has 3 rings (SSSR count). The highest BCUT2D eigenvalue weighted by Crippen LogP contribution is 2.40. The van der Waals surface area contributed by atoms with E-state index in [4.69, 9.17) is 0 Å². The first kappa shape index (κ1) is 16.5. The lowest BCUT2D eigenvalue weighted by Crippen LogP contribution is -2.17. The van der Waals surface area contributed by atoms with Crippen molar-refractivity contribution >= 4 is 10.9 Å². The van der Waals surface area contributed by atoms with Gasteiger partial charge in [0.1, 0.15) is 5.69 Å². The SMILES string of the molecule is Cn1nc(-c2cnc(C(C)(C)C)cc2C(F)(F)F)c2ccccc21. The molecular formula is C18H18F3N3. The van der Waals surface area contributed by atoms with Gasteiger partial charge in [-0.15, -0.1) is 0 Å². The second kappa shape index (κ2) is 5.33. The molecule has 0 aliphatic rings. The van der Waals surface area contributed by atoms with Crippen LogP contribution in [0.15, 0.2) is 36.5 Å². The minimum atomic E-state index is -4.48. The lowest BCUT2D eigenvalue weighted by Gasteiger charge is -2.20. The monoisotopic (exact) mass is 333 g/mol. The summed E-state index contributed by atoms with van der Waals surface area (Å²) in [5.74, 6) is 0. The number of nitrogens with zero attached hydrogens (tertiary/aromatic N) is 3. The Bertz CT molecular complexity index is 902. The third-order valence-electron chi connectivity index (χ3n) is 3.99. The third-order valence-corrected chi connectivity index (χ3v) is 3.99. The molecular weight excluding hydrogens is 315 g/mol. The normalized spacial score (nSPS) is 12.8. The van der Waals surface area contributed by atoms with Gasteiger partial charge >= 0.3 is 6.18 Å². The zero-order chi connectivity index (χ0) is 17.7. The first-order valence-corrected chi connectivity index (χ1v) is 7.59. The number of fused-ring (bicyclic) bond motifs is 1. The molecule has 24 heavy (non-hydrogen) atoms. The molecule has 0 aliphatic carbocycles. The van der Waals surface area contributed by atoms with E-state index in [0.29, 0.717) is 16.8 Å². The third kappa shape index (κ3) is 2.77. The molecule has 126 valence electrons. The first-order chi connectivity index (χ1) is 11.1. The largest absolute Gasteiger partial charge is 0.417 e. The summed E-state index contributed by atoms with van der Waals surface area (Å²) >= 11 is 0. The van der Waals surface area contributed by atoms with Crippen molar-refractivity contribution in [3.05, 3.63) is 47.8 Å². The Hall–Kier alpha value is -2.37. The van der Waals surface area contributed by atoms with Crippen LogP contribution in [0.1, 0.15) is 32.0 Å². The average molecular weight is 333 g/mol. The predicted octanol–water partition coefficient (Wildman–Crippen LogP) is 4.95. The summed E-state index contributed by atoms with van der Waals surface area (Å²) < 4.78 is 42.5. The van der Waals surface area contributed by atoms with E-state index in [0.717, 1.165) is 11.6 Å². The Balaban J connectivity index is 2.31. The van der Waals surface area contributed by atoms with E-state index in [2.05, 4.69) is 10.1 Å². The number of halogens is 3. The molecule has 0 bridgehead atoms. The number of rotatable bonds is 1. The average Bonchev–Trinajstić information content (AvgIpc) is 2.82. The first-order valence-electron chi connectivity index (χ1n) is 7.59. The van der Waals surface area contributed by atoms with Crippen LogP contribution in [0.5, 0.6) is 0 Å². The minimum Gasteiger partial charge on any atom is -0.267 e. The second-order valence-electron chi connectivity index (χ2n) is 6.85. The quantitative estimate of drug-likeness (QED) is 0.631. The summed E-state index contributed by atoms with van der Waals surface area (Å²) in [6.45, 7) is 5.52. The van der Waals surface area contributed by atoms with E-state index >= 15 is 0 Å². The minimum absolute atomic E-state index is 0.00676. The molecule has 0 amide bonds. The fourth-order valence-corrected chi connectivity index (χ4v) is 2.70. The summed E-state index contributed by atoms with van der Waals surface area (Å²) in [6.07, 6.45) is -3.19. The summed E-state index contributed by atoms with van der Waals surface area (Å²) in [7, 11) is 1.72. The number of benzene rings is 1. The van der Waals surface area contributed by atoms with Crippen molar-refractivity contribution in [2.45, 2.75) is 32.4 Å². The zero-order valence-electron chi connectivity index (χ0n) is 13.9. The van der Waals surface area contributed by atoms with Crippen LogP contribution in [0.4, 0.5) is 13.2 Å². The molecule has 1 aromatic carbocycles. The number of hydrogen-bond acceptors (Lipinski definition) is 2. The van der Waals surface area contributed by atoms with Crippen molar-refractivity contribution in [1.82, 2.24) is 14.8 Å². The molecule has 2 aromatic heterocycles. The van der Waals surface area contributed by atoms with Gasteiger partial charge in [0, 0.05) is 35.3 Å². The van der Waals surface area contributed by atoms with Gasteiger partial charge in [-0.1, -0.05) is 39.0 Å². The predicted molar refractivity (Wildman–Crippen MR) is 87.6 cm³/mol. The molecule has 2 heterocycles. The lowest BCUT2D eigenvalue weighted by molar-refractivity contribution is -0.137. The van der Waals surface area contributed by atoms with Gasteiger partial charge in [0.05, 0.1) is 11.1 Å². The summed E-state index contributed by atoms with van der Waals surface area (Å²) in [6, 6.07) is 8.36. The molecule has 0 unspecified atom stereocenters. The van der Waals surface area contributed by atoms with Gasteiger partial charge in [-0.3, -0.25) is 9.67 Å². The second-order valence-corrected chi connectivity index (χ2v) is 6.85. The van der Waals surface area contributed by atoms with Gasteiger partial charge in [-0.2, -0.15) is 18.3 Å². The fraction of sp³-hybridized carbons (Fsp3) is 0.333. The molecule has 0 saturated heterocycles. The molecule has 0 spiro atoms. The fourth-order valence-electron chi connectivity index (χ4n) is 2.70. The van der Waals surface area contributed by atoms with Crippen molar-refractivity contribution in [1.29, 1.82) is 0 Å². The summed E-state index contributed by atoms with van der Waals surface area (Å²) in [5, 5.41) is 4.98. The highest BCUT2D eigenvalue weighted by molar-refractivity contribution is 5.94. The number of aryl methyl sites for hydroxylation is 1. The highest BCUT2D eigenvalue weighted by Gasteiger charge is 2.36. The Labute approximate surface area is 138 Å². The number of pyridine rings is 1.